The lowest BCUT2D eigenvalue weighted by atomic mass is 10.0. The van der Waals surface area contributed by atoms with Crippen LogP contribution in [0.5, 0.6) is 0 Å². The summed E-state index contributed by atoms with van der Waals surface area (Å²) in [6, 6.07) is 17.5. The molecule has 0 aliphatic rings. The van der Waals surface area contributed by atoms with Crippen molar-refractivity contribution < 1.29 is 9.59 Å². The Labute approximate surface area is 139 Å². The average molecular weight is 325 g/mol. The van der Waals surface area contributed by atoms with Gasteiger partial charge in [-0.15, -0.1) is 0 Å². The molecule has 23 heavy (non-hydrogen) atoms. The molecule has 0 aromatic heterocycles. The molecule has 0 aliphatic heterocycles. The lowest BCUT2D eigenvalue weighted by molar-refractivity contribution is -0.126. The SMILES string of the molecule is N#C[C@H](C(=O)/C=C\c1ccccc1)C(=O)Nc1ccccc1Cl. The van der Waals surface area contributed by atoms with Crippen LogP contribution in [0.25, 0.3) is 6.08 Å². The minimum Gasteiger partial charge on any atom is -0.323 e. The maximum absolute atomic E-state index is 12.1. The standard InChI is InChI=1S/C18H13ClN2O2/c19-15-8-4-5-9-16(15)21-18(23)14(12-20)17(22)11-10-13-6-2-1-3-7-13/h1-11,14H,(H,21,23)/b11-10-/t14-/m1/s1. The van der Waals surface area contributed by atoms with Gasteiger partial charge in [-0.2, -0.15) is 5.26 Å². The zero-order chi connectivity index (χ0) is 16.7. The van der Waals surface area contributed by atoms with Gasteiger partial charge >= 0.3 is 0 Å². The van der Waals surface area contributed by atoms with E-state index < -0.39 is 17.6 Å². The van der Waals surface area contributed by atoms with Gasteiger partial charge in [0, 0.05) is 0 Å². The molecule has 0 saturated carbocycles. The smallest absolute Gasteiger partial charge is 0.249 e. The highest BCUT2D eigenvalue weighted by Crippen LogP contribution is 2.21. The summed E-state index contributed by atoms with van der Waals surface area (Å²) in [6.45, 7) is 0. The molecule has 5 heteroatoms. The Hall–Kier alpha value is -2.90. The fraction of sp³-hybridized carbons (Fsp3) is 0.0556. The predicted molar refractivity (Wildman–Crippen MR) is 89.7 cm³/mol. The van der Waals surface area contributed by atoms with Crippen molar-refractivity contribution in [3.63, 3.8) is 0 Å². The average Bonchev–Trinajstić information content (AvgIpc) is 2.57. The third-order valence-electron chi connectivity index (χ3n) is 3.05. The number of benzene rings is 2. The Morgan fingerprint density at radius 3 is 2.39 bits per heavy atom. The van der Waals surface area contributed by atoms with E-state index in [2.05, 4.69) is 5.32 Å². The molecule has 1 amide bonds. The summed E-state index contributed by atoms with van der Waals surface area (Å²) in [5, 5.41) is 11.9. The van der Waals surface area contributed by atoms with Crippen molar-refractivity contribution in [1.29, 1.82) is 5.26 Å². The molecule has 4 nitrogen and oxygen atoms in total. The molecule has 2 aromatic rings. The van der Waals surface area contributed by atoms with Crippen molar-refractivity contribution in [2.45, 2.75) is 0 Å². The van der Waals surface area contributed by atoms with Crippen LogP contribution in [0.1, 0.15) is 5.56 Å². The topological polar surface area (TPSA) is 70.0 Å². The first-order valence-electron chi connectivity index (χ1n) is 6.84. The zero-order valence-corrected chi connectivity index (χ0v) is 12.8. The molecule has 2 rings (SSSR count). The highest BCUT2D eigenvalue weighted by Gasteiger charge is 2.24. The van der Waals surface area contributed by atoms with E-state index in [0.29, 0.717) is 10.7 Å². The van der Waals surface area contributed by atoms with E-state index >= 15 is 0 Å². The van der Waals surface area contributed by atoms with Gasteiger partial charge < -0.3 is 5.32 Å². The van der Waals surface area contributed by atoms with Crippen molar-refractivity contribution in [3.8, 4) is 6.07 Å². The van der Waals surface area contributed by atoms with Gasteiger partial charge in [-0.05, 0) is 23.8 Å². The monoisotopic (exact) mass is 324 g/mol. The second kappa shape index (κ2) is 7.92. The van der Waals surface area contributed by atoms with E-state index in [1.54, 1.807) is 36.4 Å². The van der Waals surface area contributed by atoms with Gasteiger partial charge in [0.1, 0.15) is 0 Å². The van der Waals surface area contributed by atoms with Crippen molar-refractivity contribution in [3.05, 3.63) is 71.3 Å². The second-order valence-electron chi connectivity index (χ2n) is 4.68. The van der Waals surface area contributed by atoms with E-state index in [1.165, 1.54) is 6.08 Å². The lowest BCUT2D eigenvalue weighted by Crippen LogP contribution is -2.27. The minimum atomic E-state index is -1.42. The van der Waals surface area contributed by atoms with E-state index in [9.17, 15) is 9.59 Å². The number of nitrogens with one attached hydrogen (secondary N) is 1. The van der Waals surface area contributed by atoms with E-state index in [1.807, 2.05) is 30.3 Å². The number of nitriles is 1. The molecular formula is C18H13ClN2O2. The summed E-state index contributed by atoms with van der Waals surface area (Å²) >= 11 is 5.94. The first-order valence-corrected chi connectivity index (χ1v) is 7.21. The van der Waals surface area contributed by atoms with Crippen LogP contribution < -0.4 is 5.32 Å². The van der Waals surface area contributed by atoms with Crippen LogP contribution in [-0.2, 0) is 9.59 Å². The summed E-state index contributed by atoms with van der Waals surface area (Å²) in [4.78, 5) is 24.2. The maximum atomic E-state index is 12.1. The molecule has 0 bridgehead atoms. The Morgan fingerprint density at radius 2 is 1.74 bits per heavy atom. The maximum Gasteiger partial charge on any atom is 0.249 e. The third kappa shape index (κ3) is 4.53. The molecule has 0 radical (unpaired) electrons. The molecule has 1 atom stereocenters. The predicted octanol–water partition coefficient (Wildman–Crippen LogP) is 3.70. The number of ketones is 1. The summed E-state index contributed by atoms with van der Waals surface area (Å²) in [6.07, 6.45) is 2.80. The van der Waals surface area contributed by atoms with Crippen LogP contribution >= 0.6 is 11.6 Å². The summed E-state index contributed by atoms with van der Waals surface area (Å²) in [5.41, 5.74) is 1.17. The number of rotatable bonds is 5. The van der Waals surface area contributed by atoms with Crippen LogP contribution in [0.3, 0.4) is 0 Å². The quantitative estimate of drug-likeness (QED) is 0.673. The second-order valence-corrected chi connectivity index (χ2v) is 5.08. The number of anilines is 1. The Balaban J connectivity index is 2.08. The van der Waals surface area contributed by atoms with E-state index in [-0.39, 0.29) is 0 Å². The molecule has 1 N–H and O–H groups in total. The van der Waals surface area contributed by atoms with E-state index in [4.69, 9.17) is 16.9 Å². The van der Waals surface area contributed by atoms with Crippen LogP contribution in [0.15, 0.2) is 60.7 Å². The molecule has 0 aliphatic carbocycles. The first-order chi connectivity index (χ1) is 11.1. The number of nitrogens with zero attached hydrogens (tertiary/aromatic N) is 1. The summed E-state index contributed by atoms with van der Waals surface area (Å²) < 4.78 is 0. The largest absolute Gasteiger partial charge is 0.323 e. The fourth-order valence-corrected chi connectivity index (χ4v) is 2.04. The van der Waals surface area contributed by atoms with Gasteiger partial charge in [0.15, 0.2) is 11.7 Å². The number of hydrogen-bond donors (Lipinski definition) is 1. The number of hydrogen-bond acceptors (Lipinski definition) is 3. The molecule has 0 unspecified atom stereocenters. The van der Waals surface area contributed by atoms with Crippen LogP contribution in [0.2, 0.25) is 5.02 Å². The minimum absolute atomic E-state index is 0.338. The number of carbonyl (C=O) groups is 2. The van der Waals surface area contributed by atoms with Crippen molar-refractivity contribution in [1.82, 2.24) is 0 Å². The van der Waals surface area contributed by atoms with Crippen molar-refractivity contribution in [2.24, 2.45) is 5.92 Å². The third-order valence-corrected chi connectivity index (χ3v) is 3.38. The number of para-hydroxylation sites is 1. The molecule has 2 aromatic carbocycles. The number of amides is 1. The zero-order valence-electron chi connectivity index (χ0n) is 12.1. The van der Waals surface area contributed by atoms with Gasteiger partial charge in [0.05, 0.1) is 16.8 Å². The van der Waals surface area contributed by atoms with Crippen LogP contribution in [-0.4, -0.2) is 11.7 Å². The number of allylic oxidation sites excluding steroid dienone is 1. The Bertz CT molecular complexity index is 779. The Kier molecular flexibility index (Phi) is 5.67. The van der Waals surface area contributed by atoms with Gasteiger partial charge in [0.25, 0.3) is 0 Å². The summed E-state index contributed by atoms with van der Waals surface area (Å²) in [7, 11) is 0. The van der Waals surface area contributed by atoms with Crippen molar-refractivity contribution in [2.75, 3.05) is 5.32 Å². The molecule has 0 saturated heterocycles. The van der Waals surface area contributed by atoms with Gasteiger partial charge in [-0.3, -0.25) is 9.59 Å². The number of carbonyl (C=O) groups excluding carboxylic acids is 2. The molecule has 0 spiro atoms. The van der Waals surface area contributed by atoms with Gasteiger partial charge in [0.2, 0.25) is 5.91 Å². The summed E-state index contributed by atoms with van der Waals surface area (Å²) in [5.74, 6) is -2.71. The van der Waals surface area contributed by atoms with Gasteiger partial charge in [-0.1, -0.05) is 60.1 Å². The molecule has 0 fully saturated rings. The van der Waals surface area contributed by atoms with Crippen molar-refractivity contribution >= 4 is 35.1 Å². The van der Waals surface area contributed by atoms with E-state index in [0.717, 1.165) is 5.56 Å². The number of halogens is 1. The normalized spacial score (nSPS) is 11.7. The van der Waals surface area contributed by atoms with Crippen LogP contribution in [0.4, 0.5) is 5.69 Å². The van der Waals surface area contributed by atoms with Gasteiger partial charge in [-0.25, -0.2) is 0 Å². The molecule has 114 valence electrons. The lowest BCUT2D eigenvalue weighted by Gasteiger charge is -2.09. The Morgan fingerprint density at radius 1 is 1.09 bits per heavy atom. The van der Waals surface area contributed by atoms with Crippen LogP contribution in [0, 0.1) is 17.2 Å². The first kappa shape index (κ1) is 16.5. The molecule has 0 heterocycles. The fourth-order valence-electron chi connectivity index (χ4n) is 1.86. The highest BCUT2D eigenvalue weighted by molar-refractivity contribution is 6.33. The molecular weight excluding hydrogens is 312 g/mol. The highest BCUT2D eigenvalue weighted by atomic mass is 35.5.